The average molecular weight is 767 g/mol. The zero-order chi connectivity index (χ0) is 40.2. The van der Waals surface area contributed by atoms with Gasteiger partial charge in [-0.25, -0.2) is 4.79 Å². The molecule has 0 bridgehead atoms. The van der Waals surface area contributed by atoms with Gasteiger partial charge in [0.05, 0.1) is 6.61 Å². The van der Waals surface area contributed by atoms with Crippen molar-refractivity contribution in [2.24, 2.45) is 59.3 Å². The van der Waals surface area contributed by atoms with Crippen LogP contribution in [0.1, 0.15) is 149 Å². The van der Waals surface area contributed by atoms with Crippen LogP contribution in [0.2, 0.25) is 0 Å². The fraction of sp³-hybridized carbons (Fsp3) is 0.694. The van der Waals surface area contributed by atoms with Crippen LogP contribution in [0.4, 0.5) is 0 Å². The lowest BCUT2D eigenvalue weighted by molar-refractivity contribution is -0.151. The lowest BCUT2D eigenvalue weighted by Crippen LogP contribution is -2.51. The third-order valence-electron chi connectivity index (χ3n) is 15.5. The van der Waals surface area contributed by atoms with Crippen molar-refractivity contribution in [3.05, 3.63) is 74.1 Å². The molecule has 9 atom stereocenters. The molecule has 1 aromatic heterocycles. The highest BCUT2D eigenvalue weighted by Crippen LogP contribution is 2.67. The monoisotopic (exact) mass is 767 g/mol. The maximum Gasteiger partial charge on any atom is 0.330 e. The topological polar surface area (TPSA) is 79.5 Å². The Balaban J connectivity index is 0.909. The Morgan fingerprint density at radius 2 is 1.70 bits per heavy atom. The Morgan fingerprint density at radius 1 is 0.929 bits per heavy atom. The minimum Gasteiger partial charge on any atom is -0.494 e. The van der Waals surface area contributed by atoms with Crippen LogP contribution in [0.15, 0.2) is 51.7 Å². The largest absolute Gasteiger partial charge is 0.494 e. The third kappa shape index (κ3) is 8.95. The van der Waals surface area contributed by atoms with Gasteiger partial charge in [-0.2, -0.15) is 0 Å². The molecule has 0 saturated heterocycles. The van der Waals surface area contributed by atoms with E-state index < -0.39 is 5.56 Å². The molecule has 6 rings (SSSR count). The van der Waals surface area contributed by atoms with E-state index in [0.29, 0.717) is 25.0 Å². The smallest absolute Gasteiger partial charge is 0.330 e. The number of carbonyl (C=O) groups excluding carboxylic acids is 1. The lowest BCUT2D eigenvalue weighted by Gasteiger charge is -2.58. The number of ether oxygens (including phenoxy) is 2. The van der Waals surface area contributed by atoms with Crippen LogP contribution in [-0.4, -0.2) is 27.8 Å². The lowest BCUT2D eigenvalue weighted by atomic mass is 9.47. The van der Waals surface area contributed by atoms with Gasteiger partial charge in [0.1, 0.15) is 17.4 Å². The number of rotatable bonds is 14. The summed E-state index contributed by atoms with van der Waals surface area (Å²) in [5.41, 5.74) is 2.65. The number of nitrogens with zero attached hydrogens (tertiary/aromatic N) is 2. The van der Waals surface area contributed by atoms with Crippen LogP contribution < -0.4 is 16.0 Å². The Hall–Kier alpha value is -3.53. The molecule has 3 fully saturated rings. The molecule has 3 saturated carbocycles. The second-order valence-corrected chi connectivity index (χ2v) is 19.0. The highest BCUT2D eigenvalue weighted by atomic mass is 16.5. The third-order valence-corrected chi connectivity index (χ3v) is 15.5. The maximum atomic E-state index is 12.9. The zero-order valence-electron chi connectivity index (χ0n) is 35.8. The second-order valence-electron chi connectivity index (χ2n) is 19.0. The highest BCUT2D eigenvalue weighted by Gasteiger charge is 2.59. The first kappa shape index (κ1) is 42.1. The summed E-state index contributed by atoms with van der Waals surface area (Å²) in [6.45, 7) is 17.9. The number of aryl methyl sites for hydroxylation is 1. The molecule has 4 aliphatic carbocycles. The molecule has 0 radical (unpaired) electrons. The van der Waals surface area contributed by atoms with E-state index >= 15 is 0 Å². The summed E-state index contributed by atoms with van der Waals surface area (Å²) in [5, 5.41) is 0. The highest BCUT2D eigenvalue weighted by molar-refractivity contribution is 5.69. The number of hydrogen-bond acceptors (Lipinski definition) is 5. The molecule has 56 heavy (non-hydrogen) atoms. The van der Waals surface area contributed by atoms with E-state index in [1.54, 1.807) is 5.57 Å². The van der Waals surface area contributed by atoms with Crippen LogP contribution in [-0.2, 0) is 23.1 Å². The first-order chi connectivity index (χ1) is 26.7. The van der Waals surface area contributed by atoms with Gasteiger partial charge in [-0.05, 0) is 148 Å². The molecule has 1 aromatic carbocycles. The minimum atomic E-state index is -0.396. The normalized spacial score (nSPS) is 29.2. The van der Waals surface area contributed by atoms with Gasteiger partial charge in [0.15, 0.2) is 0 Å². The molecule has 2 aromatic rings. The molecule has 4 aliphatic rings. The zero-order valence-corrected chi connectivity index (χ0v) is 35.8. The predicted molar refractivity (Wildman–Crippen MR) is 225 cm³/mol. The van der Waals surface area contributed by atoms with Gasteiger partial charge in [0.2, 0.25) is 0 Å². The summed E-state index contributed by atoms with van der Waals surface area (Å²) in [7, 11) is 1.47. The first-order valence-corrected chi connectivity index (χ1v) is 22.2. The van der Waals surface area contributed by atoms with E-state index in [1.165, 1.54) is 62.8 Å². The number of aromatic nitrogens is 2. The van der Waals surface area contributed by atoms with Crippen LogP contribution in [0.5, 0.6) is 5.75 Å². The summed E-state index contributed by atoms with van der Waals surface area (Å²) in [6.07, 6.45) is 19.8. The van der Waals surface area contributed by atoms with E-state index in [2.05, 4.69) is 59.5 Å². The van der Waals surface area contributed by atoms with Crippen molar-refractivity contribution in [3.8, 4) is 17.6 Å². The molecule has 7 heteroatoms. The van der Waals surface area contributed by atoms with Crippen molar-refractivity contribution in [3.63, 3.8) is 0 Å². The van der Waals surface area contributed by atoms with Crippen LogP contribution in [0, 0.1) is 64.1 Å². The van der Waals surface area contributed by atoms with Gasteiger partial charge < -0.3 is 9.47 Å². The molecule has 0 aliphatic heterocycles. The number of hydrogen-bond donors (Lipinski definition) is 0. The SMILES string of the molecule is CCn1cc(C#Cc2ccc(OCCCCCC(=O)OC3CC[C@@]4(C)C(=CC[C@H]5[C@@H]6CC[C@H]([C@H](C)CC[C@@H](C)C(C)C)[C@@]6(C)CC[C@@H]54)C3)cc2)c(=O)n(C)c1=O. The standard InChI is InChI=1S/C49H70N2O5/c1-9-51-32-37(46(53)50(8)47(51)54)19-16-36-17-21-39(22-18-36)55-30-12-10-11-13-45(52)56-40-26-28-48(6)38(31-40)20-23-41-43-25-24-42(49(43,7)29-27-44(41)48)35(5)15-14-34(4)33(2)3/h17-18,20-22,32-35,40-44H,9-15,23-31H2,1-8H3/t34-,35-,40?,41+,42-,43+,44+,48+,49-/m1/s1. The molecule has 7 nitrogen and oxygen atoms in total. The fourth-order valence-corrected chi connectivity index (χ4v) is 11.6. The molecular formula is C49H70N2O5. The first-order valence-electron chi connectivity index (χ1n) is 22.2. The van der Waals surface area contributed by atoms with Crippen LogP contribution >= 0.6 is 0 Å². The summed E-state index contributed by atoms with van der Waals surface area (Å²) >= 11 is 0. The Bertz CT molecular complexity index is 1890. The Kier molecular flexibility index (Phi) is 13.5. The van der Waals surface area contributed by atoms with Crippen molar-refractivity contribution in [2.45, 2.75) is 151 Å². The van der Waals surface area contributed by atoms with Crippen molar-refractivity contribution >= 4 is 5.97 Å². The van der Waals surface area contributed by atoms with Gasteiger partial charge in [-0.3, -0.25) is 18.7 Å². The van der Waals surface area contributed by atoms with Gasteiger partial charge in [-0.15, -0.1) is 0 Å². The molecule has 0 N–H and O–H groups in total. The molecule has 306 valence electrons. The average Bonchev–Trinajstić information content (AvgIpc) is 3.55. The van der Waals surface area contributed by atoms with Crippen molar-refractivity contribution < 1.29 is 14.3 Å². The summed E-state index contributed by atoms with van der Waals surface area (Å²) in [4.78, 5) is 37.5. The Labute approximate surface area is 337 Å². The molecule has 0 amide bonds. The number of esters is 1. The predicted octanol–water partition coefficient (Wildman–Crippen LogP) is 10.1. The van der Waals surface area contributed by atoms with E-state index in [1.807, 2.05) is 31.2 Å². The summed E-state index contributed by atoms with van der Waals surface area (Å²) in [5.74, 6) is 12.4. The van der Waals surface area contributed by atoms with Gasteiger partial charge in [0, 0.05) is 38.2 Å². The Morgan fingerprint density at radius 3 is 2.43 bits per heavy atom. The number of fused-ring (bicyclic) bond motifs is 5. The second kappa shape index (κ2) is 17.9. The molecule has 1 heterocycles. The number of unbranched alkanes of at least 4 members (excludes halogenated alkanes) is 2. The van der Waals surface area contributed by atoms with Gasteiger partial charge in [0.25, 0.3) is 5.56 Å². The summed E-state index contributed by atoms with van der Waals surface area (Å²) in [6, 6.07) is 7.47. The van der Waals surface area contributed by atoms with Crippen molar-refractivity contribution in [1.29, 1.82) is 0 Å². The van der Waals surface area contributed by atoms with Crippen LogP contribution in [0.3, 0.4) is 0 Å². The van der Waals surface area contributed by atoms with E-state index in [0.717, 1.165) is 95.8 Å². The number of carbonyl (C=O) groups is 1. The minimum absolute atomic E-state index is 0.0182. The quantitative estimate of drug-likeness (QED) is 0.0828. The maximum absolute atomic E-state index is 12.9. The van der Waals surface area contributed by atoms with Gasteiger partial charge >= 0.3 is 11.7 Å². The van der Waals surface area contributed by atoms with E-state index in [9.17, 15) is 14.4 Å². The van der Waals surface area contributed by atoms with E-state index in [-0.39, 0.29) is 28.7 Å². The number of allylic oxidation sites excluding steroid dienone is 1. The molecular weight excluding hydrogens is 697 g/mol. The van der Waals surface area contributed by atoms with Crippen molar-refractivity contribution in [1.82, 2.24) is 9.13 Å². The van der Waals surface area contributed by atoms with Crippen LogP contribution in [0.25, 0.3) is 0 Å². The fourth-order valence-electron chi connectivity index (χ4n) is 11.6. The molecule has 0 spiro atoms. The number of benzene rings is 1. The van der Waals surface area contributed by atoms with Gasteiger partial charge in [-0.1, -0.05) is 77.9 Å². The van der Waals surface area contributed by atoms with Crippen molar-refractivity contribution in [2.75, 3.05) is 6.61 Å². The summed E-state index contributed by atoms with van der Waals surface area (Å²) < 4.78 is 14.6. The molecule has 1 unspecified atom stereocenters. The van der Waals surface area contributed by atoms with E-state index in [4.69, 9.17) is 9.47 Å².